The van der Waals surface area contributed by atoms with Gasteiger partial charge >= 0.3 is 0 Å². The van der Waals surface area contributed by atoms with Crippen molar-refractivity contribution < 1.29 is 4.92 Å². The molecule has 4 nitrogen and oxygen atoms in total. The van der Waals surface area contributed by atoms with Crippen LogP contribution in [0.25, 0.3) is 0 Å². The largest absolute Gasteiger partial charge is 0.377 e. The van der Waals surface area contributed by atoms with Gasteiger partial charge in [0, 0.05) is 17.7 Å². The maximum atomic E-state index is 11.4. The molecule has 23 heavy (non-hydrogen) atoms. The number of anilines is 1. The molecule has 116 valence electrons. The minimum Gasteiger partial charge on any atom is -0.377 e. The zero-order valence-corrected chi connectivity index (χ0v) is 12.9. The maximum Gasteiger partial charge on any atom is 0.274 e. The summed E-state index contributed by atoms with van der Waals surface area (Å²) >= 11 is 0. The number of aryl methyl sites for hydroxylation is 1. The smallest absolute Gasteiger partial charge is 0.274 e. The summed E-state index contributed by atoms with van der Waals surface area (Å²) in [5, 5.41) is 15.0. The van der Waals surface area contributed by atoms with Crippen molar-refractivity contribution in [2.24, 2.45) is 5.92 Å². The molecule has 2 aromatic carbocycles. The fourth-order valence-electron chi connectivity index (χ4n) is 4.00. The summed E-state index contributed by atoms with van der Waals surface area (Å²) in [6, 6.07) is 13.4. The Morgan fingerprint density at radius 2 is 1.91 bits per heavy atom. The molecule has 0 bridgehead atoms. The number of rotatable bonds is 2. The number of nitrogens with zero attached hydrogens (tertiary/aromatic N) is 1. The zero-order chi connectivity index (χ0) is 16.0. The van der Waals surface area contributed by atoms with E-state index >= 15 is 0 Å². The fraction of sp³-hybridized carbons (Fsp3) is 0.263. The highest BCUT2D eigenvalue weighted by Gasteiger charge is 2.40. The molecule has 4 rings (SSSR count). The van der Waals surface area contributed by atoms with E-state index in [2.05, 4.69) is 42.6 Å². The van der Waals surface area contributed by atoms with Crippen LogP contribution in [0.15, 0.2) is 54.6 Å². The molecule has 1 aliphatic carbocycles. The van der Waals surface area contributed by atoms with Crippen molar-refractivity contribution in [3.05, 3.63) is 81.4 Å². The number of benzene rings is 2. The Labute approximate surface area is 135 Å². The van der Waals surface area contributed by atoms with Gasteiger partial charge in [-0.3, -0.25) is 10.1 Å². The predicted molar refractivity (Wildman–Crippen MR) is 90.6 cm³/mol. The molecule has 0 fully saturated rings. The van der Waals surface area contributed by atoms with E-state index in [1.54, 1.807) is 12.1 Å². The number of hydrogen-bond donors (Lipinski definition) is 1. The van der Waals surface area contributed by atoms with Crippen molar-refractivity contribution in [1.82, 2.24) is 0 Å². The first-order valence-corrected chi connectivity index (χ1v) is 7.93. The lowest BCUT2D eigenvalue weighted by Crippen LogP contribution is -2.30. The Kier molecular flexibility index (Phi) is 3.18. The molecule has 0 saturated heterocycles. The standard InChI is InChI=1S/C19H18N2O2/c1-12-6-4-9-14-13-8-5-10-15(13)19(20-18(12)14)16-7-2-3-11-17(16)21(22)23/h2-9,11,13,15,19-20H,10H2,1H3/t13-,15-,19-/m0/s1. The van der Waals surface area contributed by atoms with Crippen LogP contribution in [-0.4, -0.2) is 4.92 Å². The molecule has 2 aliphatic rings. The molecule has 1 heterocycles. The first kappa shape index (κ1) is 14.0. The van der Waals surface area contributed by atoms with E-state index in [1.807, 2.05) is 12.1 Å². The first-order chi connectivity index (χ1) is 11.2. The van der Waals surface area contributed by atoms with Gasteiger partial charge in [-0.15, -0.1) is 0 Å². The third-order valence-electron chi connectivity index (χ3n) is 5.07. The molecule has 4 heteroatoms. The summed E-state index contributed by atoms with van der Waals surface area (Å²) in [6.07, 6.45) is 5.41. The summed E-state index contributed by atoms with van der Waals surface area (Å²) in [7, 11) is 0. The van der Waals surface area contributed by atoms with Crippen molar-refractivity contribution in [2.45, 2.75) is 25.3 Å². The second-order valence-electron chi connectivity index (χ2n) is 6.33. The molecule has 1 aliphatic heterocycles. The number of nitro groups is 1. The van der Waals surface area contributed by atoms with Gasteiger partial charge in [-0.1, -0.05) is 48.6 Å². The second kappa shape index (κ2) is 5.23. The van der Waals surface area contributed by atoms with Crippen molar-refractivity contribution in [3.8, 4) is 0 Å². The molecule has 0 aromatic heterocycles. The third-order valence-corrected chi connectivity index (χ3v) is 5.07. The molecule has 0 spiro atoms. The lowest BCUT2D eigenvalue weighted by atomic mass is 9.76. The van der Waals surface area contributed by atoms with E-state index in [9.17, 15) is 10.1 Å². The molecular weight excluding hydrogens is 288 g/mol. The number of hydrogen-bond acceptors (Lipinski definition) is 3. The van der Waals surface area contributed by atoms with Crippen LogP contribution in [0.5, 0.6) is 0 Å². The summed E-state index contributed by atoms with van der Waals surface area (Å²) in [4.78, 5) is 11.2. The van der Waals surface area contributed by atoms with Crippen molar-refractivity contribution in [3.63, 3.8) is 0 Å². The van der Waals surface area contributed by atoms with Gasteiger partial charge in [0.1, 0.15) is 0 Å². The molecule has 2 aromatic rings. The third kappa shape index (κ3) is 2.13. The van der Waals surface area contributed by atoms with Crippen LogP contribution in [0, 0.1) is 23.0 Å². The predicted octanol–water partition coefficient (Wildman–Crippen LogP) is 4.73. The van der Waals surface area contributed by atoms with Crippen LogP contribution in [0.1, 0.15) is 35.1 Å². The van der Waals surface area contributed by atoms with Gasteiger partial charge in [-0.2, -0.15) is 0 Å². The molecule has 0 saturated carbocycles. The molecule has 0 unspecified atom stereocenters. The van der Waals surface area contributed by atoms with E-state index in [0.29, 0.717) is 11.8 Å². The number of allylic oxidation sites excluding steroid dienone is 2. The van der Waals surface area contributed by atoms with E-state index in [-0.39, 0.29) is 16.7 Å². The summed E-state index contributed by atoms with van der Waals surface area (Å²) in [5.74, 6) is 0.654. The Morgan fingerprint density at radius 1 is 1.13 bits per heavy atom. The molecule has 0 radical (unpaired) electrons. The van der Waals surface area contributed by atoms with Crippen LogP contribution in [0.4, 0.5) is 11.4 Å². The van der Waals surface area contributed by atoms with Gasteiger partial charge < -0.3 is 5.32 Å². The van der Waals surface area contributed by atoms with Gasteiger partial charge in [0.15, 0.2) is 0 Å². The quantitative estimate of drug-likeness (QED) is 0.496. The summed E-state index contributed by atoms with van der Waals surface area (Å²) < 4.78 is 0. The first-order valence-electron chi connectivity index (χ1n) is 7.93. The summed E-state index contributed by atoms with van der Waals surface area (Å²) in [6.45, 7) is 2.08. The Bertz CT molecular complexity index is 813. The van der Waals surface area contributed by atoms with Crippen molar-refractivity contribution >= 4 is 11.4 Å². The fourth-order valence-corrected chi connectivity index (χ4v) is 4.00. The minimum absolute atomic E-state index is 0.0369. The molecular formula is C19H18N2O2. The van der Waals surface area contributed by atoms with Crippen LogP contribution >= 0.6 is 0 Å². The molecule has 1 N–H and O–H groups in total. The van der Waals surface area contributed by atoms with E-state index in [4.69, 9.17) is 0 Å². The zero-order valence-electron chi connectivity index (χ0n) is 12.9. The highest BCUT2D eigenvalue weighted by Crippen LogP contribution is 2.51. The average Bonchev–Trinajstić information content (AvgIpc) is 3.04. The number of nitro benzene ring substituents is 1. The van der Waals surface area contributed by atoms with E-state index in [0.717, 1.165) is 17.7 Å². The lowest BCUT2D eigenvalue weighted by molar-refractivity contribution is -0.385. The van der Waals surface area contributed by atoms with Crippen LogP contribution < -0.4 is 5.32 Å². The van der Waals surface area contributed by atoms with Crippen LogP contribution in [0.2, 0.25) is 0 Å². The van der Waals surface area contributed by atoms with E-state index in [1.165, 1.54) is 11.1 Å². The second-order valence-corrected chi connectivity index (χ2v) is 6.33. The maximum absolute atomic E-state index is 11.4. The van der Waals surface area contributed by atoms with Gasteiger partial charge in [0.2, 0.25) is 0 Å². The Morgan fingerprint density at radius 3 is 2.74 bits per heavy atom. The summed E-state index contributed by atoms with van der Waals surface area (Å²) in [5.41, 5.74) is 4.60. The van der Waals surface area contributed by atoms with Gasteiger partial charge in [0.25, 0.3) is 5.69 Å². The van der Waals surface area contributed by atoms with Gasteiger partial charge in [-0.05, 0) is 30.4 Å². The normalized spacial score (nSPS) is 24.7. The number of nitrogens with one attached hydrogen (secondary N) is 1. The number of fused-ring (bicyclic) bond motifs is 3. The lowest BCUT2D eigenvalue weighted by Gasteiger charge is -2.38. The Balaban J connectivity index is 1.86. The SMILES string of the molecule is Cc1cccc2c1N[C@H](c1ccccc1[N+](=O)[O-])[C@H]1CC=C[C@@H]21. The minimum atomic E-state index is -0.276. The van der Waals surface area contributed by atoms with Gasteiger partial charge in [-0.25, -0.2) is 0 Å². The van der Waals surface area contributed by atoms with Crippen LogP contribution in [0.3, 0.4) is 0 Å². The van der Waals surface area contributed by atoms with Crippen molar-refractivity contribution in [2.75, 3.05) is 5.32 Å². The Hall–Kier alpha value is -2.62. The highest BCUT2D eigenvalue weighted by molar-refractivity contribution is 5.65. The topological polar surface area (TPSA) is 55.2 Å². The van der Waals surface area contributed by atoms with Gasteiger partial charge in [0.05, 0.1) is 16.5 Å². The monoisotopic (exact) mass is 306 g/mol. The average molecular weight is 306 g/mol. The number of para-hydroxylation sites is 2. The molecule has 0 amide bonds. The highest BCUT2D eigenvalue weighted by atomic mass is 16.6. The van der Waals surface area contributed by atoms with Crippen LogP contribution in [-0.2, 0) is 0 Å². The van der Waals surface area contributed by atoms with Crippen molar-refractivity contribution in [1.29, 1.82) is 0 Å². The van der Waals surface area contributed by atoms with E-state index < -0.39 is 0 Å². The molecule has 3 atom stereocenters.